The first kappa shape index (κ1) is 16.0. The Balaban J connectivity index is 1.49. The van der Waals surface area contributed by atoms with Crippen LogP contribution in [-0.4, -0.2) is 20.9 Å². The second-order valence-electron chi connectivity index (χ2n) is 5.78. The number of hydrogen-bond acceptors (Lipinski definition) is 4. The van der Waals surface area contributed by atoms with E-state index in [1.807, 2.05) is 18.2 Å². The number of H-pyrrole nitrogens is 1. The number of rotatable bonds is 3. The smallest absolute Gasteiger partial charge is 0.119 e. The number of phenolic OH excluding ortho intramolecular Hbond substituents is 1. The number of hydrogen-bond donors (Lipinski definition) is 3. The molecule has 2 aromatic carbocycles. The second kappa shape index (κ2) is 6.41. The Bertz CT molecular complexity index is 892. The van der Waals surface area contributed by atoms with Crippen LogP contribution in [0.4, 0.5) is 5.69 Å². The minimum atomic E-state index is 0.152. The Hall–Kier alpha value is -1.53. The number of phenols is 1. The molecule has 0 radical (unpaired) electrons. The molecule has 124 valence electrons. The van der Waals surface area contributed by atoms with E-state index >= 15 is 0 Å². The van der Waals surface area contributed by atoms with E-state index in [0.29, 0.717) is 5.02 Å². The van der Waals surface area contributed by atoms with Gasteiger partial charge in [-0.05, 0) is 42.3 Å². The average Bonchev–Trinajstić information content (AvgIpc) is 2.89. The van der Waals surface area contributed by atoms with Gasteiger partial charge in [-0.3, -0.25) is 0 Å². The van der Waals surface area contributed by atoms with Crippen LogP contribution in [0.15, 0.2) is 36.4 Å². The van der Waals surface area contributed by atoms with E-state index in [9.17, 15) is 5.11 Å². The van der Waals surface area contributed by atoms with E-state index < -0.39 is 0 Å². The lowest BCUT2D eigenvalue weighted by Crippen LogP contribution is -2.25. The molecule has 4 nitrogen and oxygen atoms in total. The van der Waals surface area contributed by atoms with Crippen molar-refractivity contribution < 1.29 is 5.11 Å². The summed E-state index contributed by atoms with van der Waals surface area (Å²) < 4.78 is 5.47. The molecule has 3 N–H and O–H groups in total. The highest BCUT2D eigenvalue weighted by Gasteiger charge is 2.21. The van der Waals surface area contributed by atoms with Crippen molar-refractivity contribution in [1.29, 1.82) is 0 Å². The zero-order valence-corrected chi connectivity index (χ0v) is 15.0. The van der Waals surface area contributed by atoms with E-state index in [1.54, 1.807) is 12.1 Å². The highest BCUT2D eigenvalue weighted by Crippen LogP contribution is 2.32. The van der Waals surface area contributed by atoms with Gasteiger partial charge in [0.25, 0.3) is 0 Å². The van der Waals surface area contributed by atoms with Crippen molar-refractivity contribution >= 4 is 51.9 Å². The van der Waals surface area contributed by atoms with Crippen molar-refractivity contribution in [3.63, 3.8) is 0 Å². The molecule has 0 aliphatic carbocycles. The van der Waals surface area contributed by atoms with E-state index in [-0.39, 0.29) is 5.75 Å². The lowest BCUT2D eigenvalue weighted by atomic mass is 10.0. The highest BCUT2D eigenvalue weighted by molar-refractivity contribution is 7.98. The van der Waals surface area contributed by atoms with Crippen LogP contribution in [0, 0.1) is 0 Å². The molecule has 7 heteroatoms. The zero-order chi connectivity index (χ0) is 16.7. The van der Waals surface area contributed by atoms with Gasteiger partial charge >= 0.3 is 0 Å². The number of nitrogens with zero attached hydrogens (tertiary/aromatic N) is 1. The fourth-order valence-electron chi connectivity index (χ4n) is 3.02. The minimum Gasteiger partial charge on any atom is -0.508 e. The third kappa shape index (κ3) is 3.17. The van der Waals surface area contributed by atoms with Gasteiger partial charge in [-0.2, -0.15) is 0 Å². The van der Waals surface area contributed by atoms with Crippen LogP contribution in [0.2, 0.25) is 10.0 Å². The SMILES string of the molecule is Oc1cc(Cl)cc(NSN2CCc3c([nH]c4ccc(Cl)cc34)C2)c1. The van der Waals surface area contributed by atoms with Crippen molar-refractivity contribution in [2.75, 3.05) is 11.3 Å². The van der Waals surface area contributed by atoms with Gasteiger partial charge < -0.3 is 14.8 Å². The number of aromatic nitrogens is 1. The molecule has 2 heterocycles. The van der Waals surface area contributed by atoms with Crippen molar-refractivity contribution in [3.05, 3.63) is 57.7 Å². The third-order valence-corrected chi connectivity index (χ3v) is 5.43. The third-order valence-electron chi connectivity index (χ3n) is 4.08. The van der Waals surface area contributed by atoms with Gasteiger partial charge in [0, 0.05) is 51.4 Å². The lowest BCUT2D eigenvalue weighted by Gasteiger charge is -2.25. The fraction of sp³-hybridized carbons (Fsp3) is 0.176. The lowest BCUT2D eigenvalue weighted by molar-refractivity contribution is 0.441. The predicted molar refractivity (Wildman–Crippen MR) is 102 cm³/mol. The van der Waals surface area contributed by atoms with Crippen molar-refractivity contribution in [3.8, 4) is 5.75 Å². The van der Waals surface area contributed by atoms with Crippen molar-refractivity contribution in [2.24, 2.45) is 0 Å². The summed E-state index contributed by atoms with van der Waals surface area (Å²) in [5, 5.41) is 12.1. The molecule has 0 bridgehead atoms. The highest BCUT2D eigenvalue weighted by atomic mass is 35.5. The monoisotopic (exact) mass is 379 g/mol. The Kier molecular flexibility index (Phi) is 4.26. The number of fused-ring (bicyclic) bond motifs is 3. The number of halogens is 2. The van der Waals surface area contributed by atoms with Gasteiger partial charge in [0.05, 0.1) is 12.2 Å². The van der Waals surface area contributed by atoms with Gasteiger partial charge in [-0.15, -0.1) is 0 Å². The molecule has 1 aliphatic heterocycles. The normalized spacial score (nSPS) is 14.8. The van der Waals surface area contributed by atoms with Crippen LogP contribution < -0.4 is 4.72 Å². The summed E-state index contributed by atoms with van der Waals surface area (Å²) in [7, 11) is 0. The number of aromatic hydroxyl groups is 1. The maximum Gasteiger partial charge on any atom is 0.119 e. The molecule has 0 unspecified atom stereocenters. The maximum absolute atomic E-state index is 9.60. The first-order valence-corrected chi connectivity index (χ1v) is 9.08. The van der Waals surface area contributed by atoms with E-state index in [4.69, 9.17) is 23.2 Å². The molecule has 0 amide bonds. The summed E-state index contributed by atoms with van der Waals surface area (Å²) in [5.74, 6) is 0.152. The molecule has 1 aliphatic rings. The van der Waals surface area contributed by atoms with Crippen LogP contribution in [0.5, 0.6) is 5.75 Å². The number of benzene rings is 2. The van der Waals surface area contributed by atoms with Gasteiger partial charge in [0.1, 0.15) is 5.75 Å². The number of aromatic amines is 1. The quantitative estimate of drug-likeness (QED) is 0.546. The summed E-state index contributed by atoms with van der Waals surface area (Å²) in [6, 6.07) is 10.9. The largest absolute Gasteiger partial charge is 0.508 e. The fourth-order valence-corrected chi connectivity index (χ4v) is 4.15. The second-order valence-corrected chi connectivity index (χ2v) is 7.55. The van der Waals surface area contributed by atoms with Crippen LogP contribution in [0.3, 0.4) is 0 Å². The molecular formula is C17H15Cl2N3OS. The van der Waals surface area contributed by atoms with E-state index in [0.717, 1.165) is 35.7 Å². The van der Waals surface area contributed by atoms with Crippen LogP contribution in [-0.2, 0) is 13.0 Å². The van der Waals surface area contributed by atoms with Gasteiger partial charge in [-0.25, -0.2) is 4.31 Å². The minimum absolute atomic E-state index is 0.152. The van der Waals surface area contributed by atoms with Crippen molar-refractivity contribution in [1.82, 2.24) is 9.29 Å². The number of nitrogens with one attached hydrogen (secondary N) is 2. The molecule has 0 atom stereocenters. The maximum atomic E-state index is 9.60. The van der Waals surface area contributed by atoms with Crippen LogP contribution in [0.1, 0.15) is 11.3 Å². The Morgan fingerprint density at radius 2 is 2.00 bits per heavy atom. The summed E-state index contributed by atoms with van der Waals surface area (Å²) >= 11 is 13.6. The van der Waals surface area contributed by atoms with Gasteiger partial charge in [-0.1, -0.05) is 23.2 Å². The molecule has 0 fully saturated rings. The molecule has 24 heavy (non-hydrogen) atoms. The summed E-state index contributed by atoms with van der Waals surface area (Å²) in [4.78, 5) is 3.49. The van der Waals surface area contributed by atoms with Crippen LogP contribution in [0.25, 0.3) is 10.9 Å². The van der Waals surface area contributed by atoms with E-state index in [2.05, 4.69) is 14.0 Å². The Morgan fingerprint density at radius 1 is 1.12 bits per heavy atom. The summed E-state index contributed by atoms with van der Waals surface area (Å²) in [5.41, 5.74) is 4.48. The summed E-state index contributed by atoms with van der Waals surface area (Å²) in [6.45, 7) is 1.74. The predicted octanol–water partition coefficient (Wildman–Crippen LogP) is 5.21. The molecule has 0 saturated carbocycles. The molecular weight excluding hydrogens is 365 g/mol. The van der Waals surface area contributed by atoms with Gasteiger partial charge in [0.2, 0.25) is 0 Å². The molecule has 4 rings (SSSR count). The Labute approximate surface area is 154 Å². The van der Waals surface area contributed by atoms with Gasteiger partial charge in [0.15, 0.2) is 0 Å². The molecule has 0 spiro atoms. The average molecular weight is 380 g/mol. The molecule has 0 saturated heterocycles. The van der Waals surface area contributed by atoms with E-state index in [1.165, 1.54) is 34.8 Å². The molecule has 1 aromatic heterocycles. The van der Waals surface area contributed by atoms with Crippen molar-refractivity contribution in [2.45, 2.75) is 13.0 Å². The standard InChI is InChI=1S/C17H15Cl2N3OS/c18-10-1-2-16-15(7-10)14-3-4-22(9-17(14)20-16)24-21-12-5-11(19)6-13(23)8-12/h1-2,5-8,20-21,23H,3-4,9H2. The number of anilines is 1. The topological polar surface area (TPSA) is 51.3 Å². The first-order chi connectivity index (χ1) is 11.6. The summed E-state index contributed by atoms with van der Waals surface area (Å²) in [6.07, 6.45) is 0.963. The Morgan fingerprint density at radius 3 is 2.83 bits per heavy atom. The molecule has 3 aromatic rings. The zero-order valence-electron chi connectivity index (χ0n) is 12.6. The first-order valence-electron chi connectivity index (χ1n) is 7.55. The van der Waals surface area contributed by atoms with Crippen LogP contribution >= 0.6 is 35.3 Å².